The first kappa shape index (κ1) is 15.0. The molecule has 1 nitrogen and oxygen atoms in total. The van der Waals surface area contributed by atoms with Gasteiger partial charge in [-0.05, 0) is 43.6 Å². The van der Waals surface area contributed by atoms with Crippen LogP contribution in [-0.4, -0.2) is 30.7 Å². The summed E-state index contributed by atoms with van der Waals surface area (Å²) < 4.78 is 0. The van der Waals surface area contributed by atoms with Crippen LogP contribution in [0.4, 0.5) is 0 Å². The summed E-state index contributed by atoms with van der Waals surface area (Å²) in [6.45, 7) is 8.42. The van der Waals surface area contributed by atoms with E-state index in [-0.39, 0.29) is 0 Å². The first-order valence-electron chi connectivity index (χ1n) is 6.06. The third-order valence-electron chi connectivity index (χ3n) is 2.95. The van der Waals surface area contributed by atoms with Gasteiger partial charge in [-0.2, -0.15) is 0 Å². The van der Waals surface area contributed by atoms with Crippen molar-refractivity contribution in [3.8, 4) is 0 Å². The molecule has 0 bridgehead atoms. The first-order chi connectivity index (χ1) is 7.08. The quantitative estimate of drug-likeness (QED) is 0.598. The summed E-state index contributed by atoms with van der Waals surface area (Å²) in [7, 11) is 1.66. The average molecular weight is 231 g/mol. The molecule has 0 radical (unpaired) electrons. The lowest BCUT2D eigenvalue weighted by atomic mass is 10.1. The van der Waals surface area contributed by atoms with Crippen molar-refractivity contribution < 1.29 is 0 Å². The predicted molar refractivity (Wildman–Crippen MR) is 76.1 cm³/mol. The number of hydrogen-bond donors (Lipinski definition) is 1. The van der Waals surface area contributed by atoms with E-state index in [2.05, 4.69) is 45.1 Å². The number of rotatable bonds is 9. The fourth-order valence-electron chi connectivity index (χ4n) is 1.68. The van der Waals surface area contributed by atoms with Gasteiger partial charge in [-0.25, -0.2) is 10.0 Å². The molecule has 0 aromatic carbocycles. The van der Waals surface area contributed by atoms with Crippen molar-refractivity contribution in [3.63, 3.8) is 0 Å². The van der Waals surface area contributed by atoms with E-state index in [4.69, 9.17) is 0 Å². The molecule has 2 heteroatoms. The van der Waals surface area contributed by atoms with Crippen LogP contribution in [0, 0.1) is 5.92 Å². The van der Waals surface area contributed by atoms with Crippen LogP contribution in [0.1, 0.15) is 33.1 Å². The molecule has 15 heavy (non-hydrogen) atoms. The lowest BCUT2D eigenvalue weighted by molar-refractivity contribution is 0.702. The van der Waals surface area contributed by atoms with Crippen molar-refractivity contribution in [1.82, 2.24) is 5.32 Å². The first-order valence-corrected chi connectivity index (χ1v) is 8.61. The van der Waals surface area contributed by atoms with Gasteiger partial charge in [0.15, 0.2) is 0 Å². The highest BCUT2D eigenvalue weighted by molar-refractivity contribution is 8.33. The second kappa shape index (κ2) is 8.23. The summed E-state index contributed by atoms with van der Waals surface area (Å²) in [5.41, 5.74) is 0. The summed E-state index contributed by atoms with van der Waals surface area (Å²) in [5, 5.41) is 3.37. The zero-order valence-corrected chi connectivity index (χ0v) is 11.8. The average Bonchev–Trinajstić information content (AvgIpc) is 2.24. The topological polar surface area (TPSA) is 12.0 Å². The highest BCUT2D eigenvalue weighted by atomic mass is 32.3. The van der Waals surface area contributed by atoms with Crippen molar-refractivity contribution in [2.75, 3.05) is 30.7 Å². The minimum Gasteiger partial charge on any atom is -0.312 e. The highest BCUT2D eigenvalue weighted by Crippen LogP contribution is 2.44. The molecule has 0 rings (SSSR count). The van der Waals surface area contributed by atoms with Gasteiger partial charge in [0.05, 0.1) is 0 Å². The fraction of sp³-hybridized carbons (Fsp3) is 0.846. The SMILES string of the molecule is C=CC(C)CCS(C)(CCCC)CNC. The van der Waals surface area contributed by atoms with E-state index >= 15 is 0 Å². The second-order valence-electron chi connectivity index (χ2n) is 4.74. The molecular weight excluding hydrogens is 202 g/mol. The third-order valence-corrected chi connectivity index (χ3v) is 6.43. The van der Waals surface area contributed by atoms with E-state index in [1.165, 1.54) is 36.6 Å². The molecule has 2 unspecified atom stereocenters. The monoisotopic (exact) mass is 231 g/mol. The minimum atomic E-state index is -0.415. The fourth-order valence-corrected chi connectivity index (χ4v) is 4.79. The molecule has 0 aliphatic carbocycles. The molecule has 0 heterocycles. The lowest BCUT2D eigenvalue weighted by Gasteiger charge is -2.36. The summed E-state index contributed by atoms with van der Waals surface area (Å²) in [6.07, 6.45) is 8.59. The summed E-state index contributed by atoms with van der Waals surface area (Å²) >= 11 is 0. The molecule has 0 aliphatic rings. The molecule has 0 aromatic heterocycles. The van der Waals surface area contributed by atoms with Gasteiger partial charge < -0.3 is 5.32 Å². The Morgan fingerprint density at radius 1 is 1.40 bits per heavy atom. The maximum Gasteiger partial charge on any atom is 0.0257 e. The smallest absolute Gasteiger partial charge is 0.0257 e. The van der Waals surface area contributed by atoms with Crippen molar-refractivity contribution in [3.05, 3.63) is 12.7 Å². The van der Waals surface area contributed by atoms with Gasteiger partial charge in [0.2, 0.25) is 0 Å². The number of hydrogen-bond acceptors (Lipinski definition) is 1. The van der Waals surface area contributed by atoms with Crippen LogP contribution in [0.2, 0.25) is 0 Å². The lowest BCUT2D eigenvalue weighted by Crippen LogP contribution is -2.22. The molecule has 0 aromatic rings. The Morgan fingerprint density at radius 2 is 2.07 bits per heavy atom. The van der Waals surface area contributed by atoms with Crippen LogP contribution in [-0.2, 0) is 0 Å². The Kier molecular flexibility index (Phi) is 8.26. The van der Waals surface area contributed by atoms with E-state index in [0.717, 1.165) is 0 Å². The van der Waals surface area contributed by atoms with E-state index in [9.17, 15) is 0 Å². The van der Waals surface area contributed by atoms with Crippen molar-refractivity contribution in [1.29, 1.82) is 0 Å². The van der Waals surface area contributed by atoms with Gasteiger partial charge in [-0.1, -0.05) is 26.3 Å². The largest absolute Gasteiger partial charge is 0.312 e. The van der Waals surface area contributed by atoms with Crippen LogP contribution in [0.15, 0.2) is 12.7 Å². The van der Waals surface area contributed by atoms with Crippen LogP contribution >= 0.6 is 10.0 Å². The van der Waals surface area contributed by atoms with Gasteiger partial charge in [-0.15, -0.1) is 6.58 Å². The maximum atomic E-state index is 3.86. The van der Waals surface area contributed by atoms with Gasteiger partial charge in [0.25, 0.3) is 0 Å². The standard InChI is InChI=1S/C13H29NS/c1-6-8-10-15(5,12-14-4)11-9-13(3)7-2/h7,13-14H,2,6,8-12H2,1,3-5H3. The normalized spacial score (nSPS) is 19.2. The van der Waals surface area contributed by atoms with Gasteiger partial charge in [0.1, 0.15) is 0 Å². The minimum absolute atomic E-state index is 0.415. The van der Waals surface area contributed by atoms with Crippen LogP contribution in [0.25, 0.3) is 0 Å². The summed E-state index contributed by atoms with van der Waals surface area (Å²) in [5.74, 6) is 4.71. The molecule has 0 spiro atoms. The van der Waals surface area contributed by atoms with E-state index in [1.807, 2.05) is 0 Å². The van der Waals surface area contributed by atoms with Crippen molar-refractivity contribution in [2.24, 2.45) is 5.92 Å². The highest BCUT2D eigenvalue weighted by Gasteiger charge is 2.17. The Hall–Kier alpha value is 0.0500. The van der Waals surface area contributed by atoms with Crippen LogP contribution < -0.4 is 5.32 Å². The molecule has 0 saturated carbocycles. The van der Waals surface area contributed by atoms with E-state index in [1.54, 1.807) is 0 Å². The van der Waals surface area contributed by atoms with E-state index < -0.39 is 10.0 Å². The number of nitrogens with one attached hydrogen (secondary N) is 1. The molecule has 2 atom stereocenters. The van der Waals surface area contributed by atoms with Crippen LogP contribution in [0.5, 0.6) is 0 Å². The molecule has 92 valence electrons. The van der Waals surface area contributed by atoms with Gasteiger partial charge >= 0.3 is 0 Å². The number of unbranched alkanes of at least 4 members (excludes halogenated alkanes) is 1. The molecule has 0 amide bonds. The Balaban J connectivity index is 4.04. The molecule has 0 fully saturated rings. The Labute approximate surface area is 98.0 Å². The third kappa shape index (κ3) is 7.02. The Morgan fingerprint density at radius 3 is 2.53 bits per heavy atom. The maximum absolute atomic E-state index is 3.86. The zero-order chi connectivity index (χ0) is 11.7. The number of allylic oxidation sites excluding steroid dienone is 1. The van der Waals surface area contributed by atoms with Crippen molar-refractivity contribution >= 4 is 10.0 Å². The summed E-state index contributed by atoms with van der Waals surface area (Å²) in [4.78, 5) is 0. The van der Waals surface area contributed by atoms with Crippen LogP contribution in [0.3, 0.4) is 0 Å². The molecule has 0 aliphatic heterocycles. The second-order valence-corrected chi connectivity index (χ2v) is 8.80. The molecule has 0 saturated heterocycles. The Bertz CT molecular complexity index is 170. The molecule has 1 N–H and O–H groups in total. The van der Waals surface area contributed by atoms with Gasteiger partial charge in [-0.3, -0.25) is 0 Å². The predicted octanol–water partition coefficient (Wildman–Crippen LogP) is 3.61. The van der Waals surface area contributed by atoms with E-state index in [0.29, 0.717) is 5.92 Å². The summed E-state index contributed by atoms with van der Waals surface area (Å²) in [6, 6.07) is 0. The van der Waals surface area contributed by atoms with Gasteiger partial charge in [0, 0.05) is 5.88 Å². The molecular formula is C13H29NS. The van der Waals surface area contributed by atoms with Crippen molar-refractivity contribution in [2.45, 2.75) is 33.1 Å². The zero-order valence-electron chi connectivity index (χ0n) is 11.0.